The van der Waals surface area contributed by atoms with Gasteiger partial charge in [-0.1, -0.05) is 37.0 Å². The lowest BCUT2D eigenvalue weighted by Gasteiger charge is -2.43. The van der Waals surface area contributed by atoms with Crippen LogP contribution >= 0.6 is 34.9 Å². The maximum Gasteiger partial charge on any atom is 0.131 e. The molecule has 2 unspecified atom stereocenters. The van der Waals surface area contributed by atoms with E-state index in [1.807, 2.05) is 0 Å². The van der Waals surface area contributed by atoms with Crippen LogP contribution in [-0.2, 0) is 0 Å². The number of aromatic nitrogens is 2. The molecule has 1 N–H and O–H groups in total. The lowest BCUT2D eigenvalue weighted by Crippen LogP contribution is -2.57. The molecular formula is C14H18Cl2N4S. The Morgan fingerprint density at radius 2 is 2.00 bits per heavy atom. The van der Waals surface area contributed by atoms with Crippen LogP contribution in [0.1, 0.15) is 20.8 Å². The molecule has 2 heterocycles. The predicted molar refractivity (Wildman–Crippen MR) is 90.9 cm³/mol. The van der Waals surface area contributed by atoms with Crippen molar-refractivity contribution >= 4 is 51.7 Å². The minimum Gasteiger partial charge on any atom is -0.362 e. The van der Waals surface area contributed by atoms with E-state index in [1.165, 1.54) is 11.7 Å². The third kappa shape index (κ3) is 2.72. The third-order valence-corrected chi connectivity index (χ3v) is 5.13. The number of benzene rings is 1. The molecule has 7 heteroatoms. The molecule has 3 rings (SSSR count). The summed E-state index contributed by atoms with van der Waals surface area (Å²) in [6.45, 7) is 8.49. The Bertz CT molecular complexity index is 658. The van der Waals surface area contributed by atoms with E-state index >= 15 is 0 Å². The van der Waals surface area contributed by atoms with E-state index in [1.54, 1.807) is 6.07 Å². The fourth-order valence-corrected chi connectivity index (χ4v) is 4.13. The molecule has 1 aromatic carbocycles. The third-order valence-electron chi connectivity index (χ3n) is 4.02. The Hall–Kier alpha value is -0.620. The van der Waals surface area contributed by atoms with E-state index in [-0.39, 0.29) is 0 Å². The van der Waals surface area contributed by atoms with E-state index in [4.69, 9.17) is 23.2 Å². The molecule has 0 amide bonds. The van der Waals surface area contributed by atoms with Crippen molar-refractivity contribution in [3.05, 3.63) is 16.1 Å². The Balaban J connectivity index is 2.15. The summed E-state index contributed by atoms with van der Waals surface area (Å²) in [7, 11) is 0. The van der Waals surface area contributed by atoms with Crippen LogP contribution in [0.3, 0.4) is 0 Å². The SMILES string of the molecule is CC1CN(c2c(Cl)cc(Cl)c3nsnc23)C(C(C)C)CN1. The molecule has 4 nitrogen and oxygen atoms in total. The first-order valence-corrected chi connectivity index (χ1v) is 8.58. The first-order chi connectivity index (χ1) is 9.99. The average Bonchev–Trinajstić information content (AvgIpc) is 2.88. The Labute approximate surface area is 138 Å². The number of rotatable bonds is 2. The Kier molecular flexibility index (Phi) is 4.28. The summed E-state index contributed by atoms with van der Waals surface area (Å²) in [5.41, 5.74) is 2.53. The maximum absolute atomic E-state index is 6.51. The zero-order chi connectivity index (χ0) is 15.1. The second kappa shape index (κ2) is 5.88. The van der Waals surface area contributed by atoms with Crippen LogP contribution in [-0.4, -0.2) is 33.9 Å². The highest BCUT2D eigenvalue weighted by molar-refractivity contribution is 7.00. The van der Waals surface area contributed by atoms with Crippen molar-refractivity contribution in [3.63, 3.8) is 0 Å². The molecular weight excluding hydrogens is 327 g/mol. The number of nitrogens with one attached hydrogen (secondary N) is 1. The van der Waals surface area contributed by atoms with Gasteiger partial charge in [0, 0.05) is 25.2 Å². The highest BCUT2D eigenvalue weighted by Crippen LogP contribution is 2.39. The average molecular weight is 345 g/mol. The lowest BCUT2D eigenvalue weighted by molar-refractivity contribution is 0.349. The van der Waals surface area contributed by atoms with Crippen LogP contribution in [0.5, 0.6) is 0 Å². The summed E-state index contributed by atoms with van der Waals surface area (Å²) in [6.07, 6.45) is 0. The summed E-state index contributed by atoms with van der Waals surface area (Å²) in [5.74, 6) is 0.512. The van der Waals surface area contributed by atoms with Crippen molar-refractivity contribution in [2.45, 2.75) is 32.9 Å². The van der Waals surface area contributed by atoms with Gasteiger partial charge in [0.05, 0.1) is 27.5 Å². The van der Waals surface area contributed by atoms with Gasteiger partial charge >= 0.3 is 0 Å². The number of halogens is 2. The van der Waals surface area contributed by atoms with E-state index < -0.39 is 0 Å². The second-order valence-electron chi connectivity index (χ2n) is 5.92. The molecule has 0 bridgehead atoms. The molecule has 1 aromatic heterocycles. The van der Waals surface area contributed by atoms with Crippen LogP contribution in [0, 0.1) is 5.92 Å². The molecule has 0 saturated carbocycles. The van der Waals surface area contributed by atoms with Crippen LogP contribution in [0.15, 0.2) is 6.07 Å². The molecule has 0 radical (unpaired) electrons. The zero-order valence-electron chi connectivity index (χ0n) is 12.2. The van der Waals surface area contributed by atoms with Crippen molar-refractivity contribution < 1.29 is 0 Å². The van der Waals surface area contributed by atoms with Gasteiger partial charge in [-0.15, -0.1) is 0 Å². The minimum absolute atomic E-state index is 0.379. The summed E-state index contributed by atoms with van der Waals surface area (Å²) >= 11 is 13.9. The van der Waals surface area contributed by atoms with Crippen molar-refractivity contribution in [2.24, 2.45) is 5.92 Å². The summed E-state index contributed by atoms with van der Waals surface area (Å²) < 4.78 is 8.74. The largest absolute Gasteiger partial charge is 0.362 e. The van der Waals surface area contributed by atoms with Gasteiger partial charge in [0.2, 0.25) is 0 Å². The van der Waals surface area contributed by atoms with Crippen molar-refractivity contribution in [1.29, 1.82) is 0 Å². The molecule has 0 spiro atoms. The molecule has 1 aliphatic rings. The zero-order valence-corrected chi connectivity index (χ0v) is 14.6. The monoisotopic (exact) mass is 344 g/mol. The number of hydrogen-bond donors (Lipinski definition) is 1. The number of fused-ring (bicyclic) bond motifs is 1. The predicted octanol–water partition coefficient (Wildman–Crippen LogP) is 3.82. The highest BCUT2D eigenvalue weighted by Gasteiger charge is 2.31. The topological polar surface area (TPSA) is 41.1 Å². The van der Waals surface area contributed by atoms with Crippen LogP contribution < -0.4 is 10.2 Å². The van der Waals surface area contributed by atoms with Gasteiger partial charge in [0.15, 0.2) is 0 Å². The number of piperazine rings is 1. The van der Waals surface area contributed by atoms with Crippen LogP contribution in [0.2, 0.25) is 10.0 Å². The highest BCUT2D eigenvalue weighted by atomic mass is 35.5. The van der Waals surface area contributed by atoms with Crippen LogP contribution in [0.25, 0.3) is 11.0 Å². The number of hydrogen-bond acceptors (Lipinski definition) is 5. The van der Waals surface area contributed by atoms with Gasteiger partial charge < -0.3 is 10.2 Å². The molecule has 2 atom stereocenters. The van der Waals surface area contributed by atoms with Crippen molar-refractivity contribution in [1.82, 2.24) is 14.1 Å². The number of anilines is 1. The van der Waals surface area contributed by atoms with Crippen LogP contribution in [0.4, 0.5) is 5.69 Å². The van der Waals surface area contributed by atoms with Crippen molar-refractivity contribution in [3.8, 4) is 0 Å². The van der Waals surface area contributed by atoms with Gasteiger partial charge in [-0.2, -0.15) is 8.75 Å². The normalized spacial score (nSPS) is 23.2. The quantitative estimate of drug-likeness (QED) is 0.898. The van der Waals surface area contributed by atoms with E-state index in [2.05, 4.69) is 39.7 Å². The Morgan fingerprint density at radius 1 is 1.29 bits per heavy atom. The van der Waals surface area contributed by atoms with Gasteiger partial charge in [-0.3, -0.25) is 0 Å². The molecule has 21 heavy (non-hydrogen) atoms. The smallest absolute Gasteiger partial charge is 0.131 e. The van der Waals surface area contributed by atoms with E-state index in [9.17, 15) is 0 Å². The molecule has 1 aliphatic heterocycles. The van der Waals surface area contributed by atoms with Crippen molar-refractivity contribution in [2.75, 3.05) is 18.0 Å². The maximum atomic E-state index is 6.51. The molecule has 114 valence electrons. The fourth-order valence-electron chi connectivity index (χ4n) is 2.91. The summed E-state index contributed by atoms with van der Waals surface area (Å²) in [6, 6.07) is 2.57. The van der Waals surface area contributed by atoms with E-state index in [0.29, 0.717) is 28.0 Å². The van der Waals surface area contributed by atoms with Gasteiger partial charge in [0.1, 0.15) is 11.0 Å². The first kappa shape index (κ1) is 15.3. The summed E-state index contributed by atoms with van der Waals surface area (Å²) in [4.78, 5) is 2.37. The van der Waals surface area contributed by atoms with Gasteiger partial charge in [-0.05, 0) is 18.9 Å². The summed E-state index contributed by atoms with van der Waals surface area (Å²) in [5, 5.41) is 4.76. The lowest BCUT2D eigenvalue weighted by atomic mass is 9.97. The molecule has 2 aromatic rings. The van der Waals surface area contributed by atoms with E-state index in [0.717, 1.165) is 29.8 Å². The fraction of sp³-hybridized carbons (Fsp3) is 0.571. The molecule has 1 fully saturated rings. The Morgan fingerprint density at radius 3 is 2.71 bits per heavy atom. The first-order valence-electron chi connectivity index (χ1n) is 7.09. The molecule has 1 saturated heterocycles. The molecule has 0 aliphatic carbocycles. The van der Waals surface area contributed by atoms with Gasteiger partial charge in [-0.25, -0.2) is 0 Å². The second-order valence-corrected chi connectivity index (χ2v) is 7.27. The van der Waals surface area contributed by atoms with Gasteiger partial charge in [0.25, 0.3) is 0 Å². The standard InChI is InChI=1S/C14H18Cl2N4S/c1-7(2)11-5-17-8(3)6-20(11)14-10(16)4-9(15)12-13(14)19-21-18-12/h4,7-8,11,17H,5-6H2,1-3H3. The minimum atomic E-state index is 0.379. The number of nitrogens with zero attached hydrogens (tertiary/aromatic N) is 3.